The van der Waals surface area contributed by atoms with Gasteiger partial charge in [0.25, 0.3) is 0 Å². The predicted molar refractivity (Wildman–Crippen MR) is 73.1 cm³/mol. The van der Waals surface area contributed by atoms with Crippen LogP contribution in [-0.4, -0.2) is 25.7 Å². The van der Waals surface area contributed by atoms with Crippen LogP contribution in [0.4, 0.5) is 5.69 Å². The second-order valence-corrected chi connectivity index (χ2v) is 5.25. The number of hydrogen-bond acceptors (Lipinski definition) is 2. The number of nitrogens with one attached hydrogen (secondary N) is 1. The van der Waals surface area contributed by atoms with Gasteiger partial charge in [-0.15, -0.1) is 0 Å². The van der Waals surface area contributed by atoms with Crippen molar-refractivity contribution in [1.82, 2.24) is 5.32 Å². The largest absolute Gasteiger partial charge is 0.370 e. The molecule has 0 amide bonds. The normalized spacial score (nSPS) is 21.9. The van der Waals surface area contributed by atoms with Gasteiger partial charge in [-0.25, -0.2) is 0 Å². The third-order valence-electron chi connectivity index (χ3n) is 3.14. The highest BCUT2D eigenvalue weighted by Crippen LogP contribution is 2.21. The Kier molecular flexibility index (Phi) is 4.24. The Balaban J connectivity index is 2.12. The lowest BCUT2D eigenvalue weighted by atomic mass is 10.2. The minimum Gasteiger partial charge on any atom is -0.370 e. The molecule has 0 aliphatic carbocycles. The van der Waals surface area contributed by atoms with Crippen LogP contribution in [0.3, 0.4) is 0 Å². The molecule has 16 heavy (non-hydrogen) atoms. The fourth-order valence-electron chi connectivity index (χ4n) is 2.18. The average molecular weight is 283 g/mol. The van der Waals surface area contributed by atoms with Crippen molar-refractivity contribution >= 4 is 21.6 Å². The molecule has 3 heteroatoms. The summed E-state index contributed by atoms with van der Waals surface area (Å²) in [6.07, 6.45) is 2.42. The van der Waals surface area contributed by atoms with Crippen LogP contribution in [0.5, 0.6) is 0 Å². The van der Waals surface area contributed by atoms with Crippen LogP contribution < -0.4 is 10.2 Å². The van der Waals surface area contributed by atoms with E-state index in [0.717, 1.165) is 24.1 Å². The van der Waals surface area contributed by atoms with Gasteiger partial charge >= 0.3 is 0 Å². The van der Waals surface area contributed by atoms with E-state index in [4.69, 9.17) is 0 Å². The Bertz CT molecular complexity index is 340. The molecule has 1 aliphatic rings. The van der Waals surface area contributed by atoms with Crippen molar-refractivity contribution in [2.45, 2.75) is 25.8 Å². The molecule has 2 nitrogen and oxygen atoms in total. The van der Waals surface area contributed by atoms with E-state index >= 15 is 0 Å². The molecule has 0 saturated carbocycles. The summed E-state index contributed by atoms with van der Waals surface area (Å²) < 4.78 is 1.16. The number of hydrogen-bond donors (Lipinski definition) is 1. The first-order valence-corrected chi connectivity index (χ1v) is 6.83. The zero-order valence-electron chi connectivity index (χ0n) is 9.75. The average Bonchev–Trinajstić information content (AvgIpc) is 2.54. The lowest BCUT2D eigenvalue weighted by Gasteiger charge is -2.26. The molecule has 1 atom stereocenters. The van der Waals surface area contributed by atoms with Gasteiger partial charge in [0.2, 0.25) is 0 Å². The zero-order valence-corrected chi connectivity index (χ0v) is 11.3. The van der Waals surface area contributed by atoms with Gasteiger partial charge in [-0.3, -0.25) is 0 Å². The van der Waals surface area contributed by atoms with Gasteiger partial charge in [-0.1, -0.05) is 28.9 Å². The molecule has 0 bridgehead atoms. The minimum atomic E-state index is 0.626. The molecule has 0 spiro atoms. The highest BCUT2D eigenvalue weighted by molar-refractivity contribution is 9.10. The molecule has 1 N–H and O–H groups in total. The second-order valence-electron chi connectivity index (χ2n) is 4.34. The molecule has 1 aromatic rings. The van der Waals surface area contributed by atoms with Crippen molar-refractivity contribution in [3.63, 3.8) is 0 Å². The summed E-state index contributed by atoms with van der Waals surface area (Å²) in [5.41, 5.74) is 1.33. The topological polar surface area (TPSA) is 15.3 Å². The fourth-order valence-corrected chi connectivity index (χ4v) is 2.57. The molecule has 88 valence electrons. The smallest absolute Gasteiger partial charge is 0.0378 e. The standard InChI is InChI=1S/C13H19BrN2/c1-2-12-10-16(8-4-7-15-12)13-6-3-5-11(14)9-13/h3,5-6,9,12,15H,2,4,7-8,10H2,1H3. The van der Waals surface area contributed by atoms with Crippen LogP contribution in [0.2, 0.25) is 0 Å². The quantitative estimate of drug-likeness (QED) is 0.897. The first-order valence-electron chi connectivity index (χ1n) is 6.03. The molecule has 0 radical (unpaired) electrons. The summed E-state index contributed by atoms with van der Waals surface area (Å²) >= 11 is 3.54. The van der Waals surface area contributed by atoms with E-state index in [2.05, 4.69) is 57.3 Å². The third-order valence-corrected chi connectivity index (χ3v) is 3.64. The highest BCUT2D eigenvalue weighted by atomic mass is 79.9. The first kappa shape index (κ1) is 11.9. The van der Waals surface area contributed by atoms with Gasteiger partial charge in [0, 0.05) is 29.3 Å². The van der Waals surface area contributed by atoms with Crippen LogP contribution in [0.15, 0.2) is 28.7 Å². The molecular formula is C13H19BrN2. The number of halogens is 1. The van der Waals surface area contributed by atoms with Gasteiger partial charge in [0.15, 0.2) is 0 Å². The number of anilines is 1. The van der Waals surface area contributed by atoms with Gasteiger partial charge < -0.3 is 10.2 Å². The summed E-state index contributed by atoms with van der Waals surface area (Å²) in [5.74, 6) is 0. The molecular weight excluding hydrogens is 264 g/mol. The van der Waals surface area contributed by atoms with Crippen LogP contribution in [0.25, 0.3) is 0 Å². The third kappa shape index (κ3) is 2.98. The Labute approximate surface area is 106 Å². The SMILES string of the molecule is CCC1CN(c2cccc(Br)c2)CCCN1. The summed E-state index contributed by atoms with van der Waals surface area (Å²) in [5, 5.41) is 3.59. The monoisotopic (exact) mass is 282 g/mol. The minimum absolute atomic E-state index is 0.626. The van der Waals surface area contributed by atoms with E-state index in [-0.39, 0.29) is 0 Å². The van der Waals surface area contributed by atoms with Crippen LogP contribution in [0, 0.1) is 0 Å². The van der Waals surface area contributed by atoms with Crippen molar-refractivity contribution in [1.29, 1.82) is 0 Å². The van der Waals surface area contributed by atoms with E-state index in [1.165, 1.54) is 18.5 Å². The molecule has 1 aliphatic heterocycles. The van der Waals surface area contributed by atoms with Crippen molar-refractivity contribution in [2.24, 2.45) is 0 Å². The summed E-state index contributed by atoms with van der Waals surface area (Å²) in [6.45, 7) is 5.66. The van der Waals surface area contributed by atoms with E-state index in [0.29, 0.717) is 6.04 Å². The summed E-state index contributed by atoms with van der Waals surface area (Å²) in [6, 6.07) is 9.22. The van der Waals surface area contributed by atoms with Crippen molar-refractivity contribution in [3.8, 4) is 0 Å². The van der Waals surface area contributed by atoms with E-state index in [1.807, 2.05) is 0 Å². The number of benzene rings is 1. The Morgan fingerprint density at radius 1 is 1.50 bits per heavy atom. The zero-order chi connectivity index (χ0) is 11.4. The van der Waals surface area contributed by atoms with E-state index in [9.17, 15) is 0 Å². The predicted octanol–water partition coefficient (Wildman–Crippen LogP) is 3.03. The molecule has 2 rings (SSSR count). The molecule has 1 aromatic carbocycles. The maximum Gasteiger partial charge on any atom is 0.0378 e. The van der Waals surface area contributed by atoms with Gasteiger partial charge in [-0.05, 0) is 37.6 Å². The molecule has 1 heterocycles. The summed E-state index contributed by atoms with van der Waals surface area (Å²) in [7, 11) is 0. The maximum absolute atomic E-state index is 3.59. The van der Waals surface area contributed by atoms with Crippen LogP contribution >= 0.6 is 15.9 Å². The second kappa shape index (κ2) is 5.69. The molecule has 1 fully saturated rings. The Morgan fingerprint density at radius 3 is 3.12 bits per heavy atom. The first-order chi connectivity index (χ1) is 7.79. The van der Waals surface area contributed by atoms with Gasteiger partial charge in [0.1, 0.15) is 0 Å². The van der Waals surface area contributed by atoms with Crippen molar-refractivity contribution < 1.29 is 0 Å². The highest BCUT2D eigenvalue weighted by Gasteiger charge is 2.16. The fraction of sp³-hybridized carbons (Fsp3) is 0.538. The Hall–Kier alpha value is -0.540. The maximum atomic E-state index is 3.59. The molecule has 1 unspecified atom stereocenters. The van der Waals surface area contributed by atoms with Gasteiger partial charge in [-0.2, -0.15) is 0 Å². The van der Waals surface area contributed by atoms with Gasteiger partial charge in [0.05, 0.1) is 0 Å². The lowest BCUT2D eigenvalue weighted by Crippen LogP contribution is -2.37. The lowest BCUT2D eigenvalue weighted by molar-refractivity contribution is 0.528. The molecule has 0 aromatic heterocycles. The van der Waals surface area contributed by atoms with E-state index < -0.39 is 0 Å². The Morgan fingerprint density at radius 2 is 2.38 bits per heavy atom. The van der Waals surface area contributed by atoms with Crippen LogP contribution in [-0.2, 0) is 0 Å². The van der Waals surface area contributed by atoms with Crippen LogP contribution in [0.1, 0.15) is 19.8 Å². The van der Waals surface area contributed by atoms with E-state index in [1.54, 1.807) is 0 Å². The number of nitrogens with zero attached hydrogens (tertiary/aromatic N) is 1. The van der Waals surface area contributed by atoms with Crippen molar-refractivity contribution in [3.05, 3.63) is 28.7 Å². The summed E-state index contributed by atoms with van der Waals surface area (Å²) in [4.78, 5) is 2.49. The van der Waals surface area contributed by atoms with Crippen molar-refractivity contribution in [2.75, 3.05) is 24.5 Å². The molecule has 1 saturated heterocycles. The number of rotatable bonds is 2.